The van der Waals surface area contributed by atoms with E-state index in [-0.39, 0.29) is 0 Å². The minimum atomic E-state index is 0.343. The molecule has 0 spiro atoms. The van der Waals surface area contributed by atoms with Gasteiger partial charge in [-0.1, -0.05) is 19.6 Å². The molecule has 12 heavy (non-hydrogen) atoms. The van der Waals surface area contributed by atoms with Crippen LogP contribution in [0.3, 0.4) is 0 Å². The minimum Gasteiger partial charge on any atom is -0.368 e. The largest absolute Gasteiger partial charge is 0.368 e. The molecular weight excluding hydrogens is 150 g/mol. The van der Waals surface area contributed by atoms with Crippen molar-refractivity contribution in [2.24, 2.45) is 0 Å². The van der Waals surface area contributed by atoms with Gasteiger partial charge in [0.15, 0.2) is 0 Å². The first-order chi connectivity index (χ1) is 5.69. The van der Waals surface area contributed by atoms with Crippen molar-refractivity contribution in [3.8, 4) is 0 Å². The molecule has 2 N–H and O–H groups in total. The standard InChI is InChI=1S/C9H13N3/c1-4-7-6(3)11-9(10)12-8(7)5-2/h4H,1,5H2,2-3H3,(H2,10,11,12). The number of rotatable bonds is 2. The third-order valence-electron chi connectivity index (χ3n) is 1.77. The number of nitrogen functional groups attached to an aromatic ring is 1. The lowest BCUT2D eigenvalue weighted by Crippen LogP contribution is -2.03. The molecular formula is C9H13N3. The highest BCUT2D eigenvalue weighted by Gasteiger charge is 2.04. The molecule has 3 heteroatoms. The number of aryl methyl sites for hydroxylation is 2. The predicted octanol–water partition coefficient (Wildman–Crippen LogP) is 1.57. The van der Waals surface area contributed by atoms with E-state index in [9.17, 15) is 0 Å². The Morgan fingerprint density at radius 1 is 1.50 bits per heavy atom. The lowest BCUT2D eigenvalue weighted by atomic mass is 10.1. The molecule has 0 amide bonds. The summed E-state index contributed by atoms with van der Waals surface area (Å²) in [5.74, 6) is 0.343. The van der Waals surface area contributed by atoms with Gasteiger partial charge in [0.25, 0.3) is 0 Å². The second-order valence-corrected chi connectivity index (χ2v) is 2.59. The number of aromatic nitrogens is 2. The maximum atomic E-state index is 5.50. The first kappa shape index (κ1) is 8.71. The predicted molar refractivity (Wildman–Crippen MR) is 50.7 cm³/mol. The van der Waals surface area contributed by atoms with Crippen LogP contribution in [0.5, 0.6) is 0 Å². The molecule has 0 aromatic carbocycles. The van der Waals surface area contributed by atoms with Crippen molar-refractivity contribution in [3.05, 3.63) is 23.5 Å². The van der Waals surface area contributed by atoms with Crippen molar-refractivity contribution in [2.75, 3.05) is 5.73 Å². The Kier molecular flexibility index (Phi) is 2.43. The van der Waals surface area contributed by atoms with Crippen LogP contribution in [0, 0.1) is 6.92 Å². The summed E-state index contributed by atoms with van der Waals surface area (Å²) in [7, 11) is 0. The zero-order valence-corrected chi connectivity index (χ0v) is 7.46. The summed E-state index contributed by atoms with van der Waals surface area (Å²) in [5, 5.41) is 0. The van der Waals surface area contributed by atoms with E-state index in [2.05, 4.69) is 16.5 Å². The van der Waals surface area contributed by atoms with E-state index in [1.165, 1.54) is 0 Å². The van der Waals surface area contributed by atoms with E-state index in [1.54, 1.807) is 6.08 Å². The Morgan fingerprint density at radius 3 is 2.67 bits per heavy atom. The Balaban J connectivity index is 3.33. The summed E-state index contributed by atoms with van der Waals surface area (Å²) in [6.45, 7) is 7.66. The molecule has 1 aromatic rings. The van der Waals surface area contributed by atoms with Crippen molar-refractivity contribution >= 4 is 12.0 Å². The average Bonchev–Trinajstić information content (AvgIpc) is 2.03. The van der Waals surface area contributed by atoms with Crippen LogP contribution in [0.4, 0.5) is 5.95 Å². The molecule has 1 heterocycles. The molecule has 0 saturated heterocycles. The van der Waals surface area contributed by atoms with Crippen molar-refractivity contribution in [1.82, 2.24) is 9.97 Å². The summed E-state index contributed by atoms with van der Waals surface area (Å²) < 4.78 is 0. The van der Waals surface area contributed by atoms with Gasteiger partial charge >= 0.3 is 0 Å². The van der Waals surface area contributed by atoms with Crippen molar-refractivity contribution in [2.45, 2.75) is 20.3 Å². The molecule has 1 rings (SSSR count). The highest BCUT2D eigenvalue weighted by Crippen LogP contribution is 2.13. The third kappa shape index (κ3) is 1.44. The van der Waals surface area contributed by atoms with Gasteiger partial charge in [0.2, 0.25) is 5.95 Å². The average molecular weight is 163 g/mol. The normalized spacial score (nSPS) is 9.83. The number of nitrogens with zero attached hydrogens (tertiary/aromatic N) is 2. The van der Waals surface area contributed by atoms with Crippen LogP contribution in [0.25, 0.3) is 6.08 Å². The van der Waals surface area contributed by atoms with E-state index in [1.807, 2.05) is 13.8 Å². The van der Waals surface area contributed by atoms with Crippen molar-refractivity contribution < 1.29 is 0 Å². The molecule has 64 valence electrons. The molecule has 3 nitrogen and oxygen atoms in total. The van der Waals surface area contributed by atoms with Crippen LogP contribution in [0.15, 0.2) is 6.58 Å². The highest BCUT2D eigenvalue weighted by atomic mass is 15.0. The molecule has 0 bridgehead atoms. The fourth-order valence-corrected chi connectivity index (χ4v) is 1.20. The monoisotopic (exact) mass is 163 g/mol. The first-order valence-corrected chi connectivity index (χ1v) is 3.94. The van der Waals surface area contributed by atoms with Gasteiger partial charge < -0.3 is 5.73 Å². The summed E-state index contributed by atoms with van der Waals surface area (Å²) >= 11 is 0. The number of hydrogen-bond acceptors (Lipinski definition) is 3. The fraction of sp³-hybridized carbons (Fsp3) is 0.333. The molecule has 0 atom stereocenters. The molecule has 0 radical (unpaired) electrons. The summed E-state index contributed by atoms with van der Waals surface area (Å²) in [5.41, 5.74) is 8.37. The topological polar surface area (TPSA) is 51.8 Å². The first-order valence-electron chi connectivity index (χ1n) is 3.94. The fourth-order valence-electron chi connectivity index (χ4n) is 1.20. The van der Waals surface area contributed by atoms with Gasteiger partial charge in [-0.15, -0.1) is 0 Å². The van der Waals surface area contributed by atoms with E-state index in [0.717, 1.165) is 23.4 Å². The van der Waals surface area contributed by atoms with Gasteiger partial charge in [-0.3, -0.25) is 0 Å². The summed E-state index contributed by atoms with van der Waals surface area (Å²) in [4.78, 5) is 8.17. The Morgan fingerprint density at radius 2 is 2.17 bits per heavy atom. The lowest BCUT2D eigenvalue weighted by molar-refractivity contribution is 0.979. The molecule has 0 aliphatic heterocycles. The van der Waals surface area contributed by atoms with Gasteiger partial charge in [-0.25, -0.2) is 9.97 Å². The van der Waals surface area contributed by atoms with Crippen LogP contribution in [0.2, 0.25) is 0 Å². The SMILES string of the molecule is C=Cc1c(C)nc(N)nc1CC. The van der Waals surface area contributed by atoms with E-state index >= 15 is 0 Å². The second-order valence-electron chi connectivity index (χ2n) is 2.59. The lowest BCUT2D eigenvalue weighted by Gasteiger charge is -2.05. The molecule has 0 fully saturated rings. The highest BCUT2D eigenvalue weighted by molar-refractivity contribution is 5.53. The van der Waals surface area contributed by atoms with Gasteiger partial charge in [0, 0.05) is 5.56 Å². The maximum Gasteiger partial charge on any atom is 0.220 e. The van der Waals surface area contributed by atoms with Crippen molar-refractivity contribution in [1.29, 1.82) is 0 Å². The van der Waals surface area contributed by atoms with Gasteiger partial charge in [0.1, 0.15) is 0 Å². The van der Waals surface area contributed by atoms with Gasteiger partial charge in [-0.2, -0.15) is 0 Å². The quantitative estimate of drug-likeness (QED) is 0.720. The molecule has 0 unspecified atom stereocenters. The van der Waals surface area contributed by atoms with E-state index < -0.39 is 0 Å². The Hall–Kier alpha value is -1.38. The van der Waals surface area contributed by atoms with Gasteiger partial charge in [0.05, 0.1) is 11.4 Å². The summed E-state index contributed by atoms with van der Waals surface area (Å²) in [6.07, 6.45) is 2.63. The number of hydrogen-bond donors (Lipinski definition) is 1. The van der Waals surface area contributed by atoms with Gasteiger partial charge in [-0.05, 0) is 13.3 Å². The van der Waals surface area contributed by atoms with Crippen LogP contribution in [-0.2, 0) is 6.42 Å². The van der Waals surface area contributed by atoms with Crippen LogP contribution < -0.4 is 5.73 Å². The Bertz CT molecular complexity index is 305. The minimum absolute atomic E-state index is 0.343. The Labute approximate surface area is 72.3 Å². The van der Waals surface area contributed by atoms with E-state index in [4.69, 9.17) is 5.73 Å². The molecule has 0 aliphatic carbocycles. The van der Waals surface area contributed by atoms with Crippen LogP contribution in [-0.4, -0.2) is 9.97 Å². The zero-order valence-electron chi connectivity index (χ0n) is 7.46. The number of anilines is 1. The second kappa shape index (κ2) is 3.34. The molecule has 0 saturated carbocycles. The summed E-state index contributed by atoms with van der Waals surface area (Å²) in [6, 6.07) is 0. The third-order valence-corrected chi connectivity index (χ3v) is 1.77. The van der Waals surface area contributed by atoms with Crippen molar-refractivity contribution in [3.63, 3.8) is 0 Å². The van der Waals surface area contributed by atoms with E-state index in [0.29, 0.717) is 5.95 Å². The number of nitrogens with two attached hydrogens (primary N) is 1. The molecule has 1 aromatic heterocycles. The van der Waals surface area contributed by atoms with Crippen LogP contribution in [0.1, 0.15) is 23.9 Å². The van der Waals surface area contributed by atoms with Crippen LogP contribution >= 0.6 is 0 Å². The maximum absolute atomic E-state index is 5.50. The smallest absolute Gasteiger partial charge is 0.220 e. The molecule has 0 aliphatic rings. The zero-order chi connectivity index (χ0) is 9.14.